The summed E-state index contributed by atoms with van der Waals surface area (Å²) in [5.41, 5.74) is 9.73. The number of rotatable bonds is 3. The first-order valence-electron chi connectivity index (χ1n) is 6.53. The van der Waals surface area contributed by atoms with Gasteiger partial charge in [-0.05, 0) is 28.7 Å². The van der Waals surface area contributed by atoms with Gasteiger partial charge in [0.15, 0.2) is 0 Å². The molecule has 2 aromatic rings. The second-order valence-corrected chi connectivity index (χ2v) is 6.79. The van der Waals surface area contributed by atoms with Gasteiger partial charge in [-0.2, -0.15) is 0 Å². The molecule has 0 atom stereocenters. The Labute approximate surface area is 120 Å². The van der Waals surface area contributed by atoms with Crippen molar-refractivity contribution in [2.75, 3.05) is 5.73 Å². The molecule has 2 aromatic carbocycles. The highest BCUT2D eigenvalue weighted by Crippen LogP contribution is 2.29. The summed E-state index contributed by atoms with van der Waals surface area (Å²) < 4.78 is 0. The first-order chi connectivity index (χ1) is 8.97. The lowest BCUT2D eigenvalue weighted by Crippen LogP contribution is -2.10. The molecule has 0 spiro atoms. The molecule has 0 saturated carbocycles. The fourth-order valence-corrected chi connectivity index (χ4v) is 2.80. The molecule has 0 amide bonds. The zero-order chi connectivity index (χ0) is 13.9. The number of para-hydroxylation sites is 1. The standard InChI is InChI=1S/C17H21NS/c1-17(2,3)14-10-8-13(9-11-14)12-19-16-7-5-4-6-15(16)18/h4-11H,12,18H2,1-3H3. The molecule has 2 rings (SSSR count). The van der Waals surface area contributed by atoms with Crippen LogP contribution in [0.25, 0.3) is 0 Å². The number of thioether (sulfide) groups is 1. The lowest BCUT2D eigenvalue weighted by Gasteiger charge is -2.19. The maximum Gasteiger partial charge on any atom is 0.0452 e. The molecular formula is C17H21NS. The molecule has 0 fully saturated rings. The zero-order valence-corrected chi connectivity index (χ0v) is 12.6. The van der Waals surface area contributed by atoms with E-state index in [2.05, 4.69) is 51.1 Å². The van der Waals surface area contributed by atoms with Crippen LogP contribution in [-0.4, -0.2) is 0 Å². The molecule has 0 radical (unpaired) electrons. The molecule has 2 heteroatoms. The Morgan fingerprint density at radius 3 is 2.16 bits per heavy atom. The Balaban J connectivity index is 2.03. The fourth-order valence-electron chi connectivity index (χ4n) is 1.87. The Kier molecular flexibility index (Phi) is 4.20. The molecule has 0 aliphatic heterocycles. The van der Waals surface area contributed by atoms with Gasteiger partial charge in [0, 0.05) is 16.3 Å². The van der Waals surface area contributed by atoms with Gasteiger partial charge in [0.2, 0.25) is 0 Å². The summed E-state index contributed by atoms with van der Waals surface area (Å²) in [6, 6.07) is 16.9. The van der Waals surface area contributed by atoms with Crippen molar-refractivity contribution in [3.63, 3.8) is 0 Å². The van der Waals surface area contributed by atoms with Crippen LogP contribution in [0.1, 0.15) is 31.9 Å². The molecule has 1 nitrogen and oxygen atoms in total. The summed E-state index contributed by atoms with van der Waals surface area (Å²) in [5.74, 6) is 0.957. The van der Waals surface area contributed by atoms with E-state index in [0.29, 0.717) is 0 Å². The first-order valence-corrected chi connectivity index (χ1v) is 7.52. The second-order valence-electron chi connectivity index (χ2n) is 5.77. The molecule has 2 N–H and O–H groups in total. The SMILES string of the molecule is CC(C)(C)c1ccc(CSc2ccccc2N)cc1. The van der Waals surface area contributed by atoms with Crippen molar-refractivity contribution < 1.29 is 0 Å². The highest BCUT2D eigenvalue weighted by atomic mass is 32.2. The maximum atomic E-state index is 5.95. The predicted molar refractivity (Wildman–Crippen MR) is 85.6 cm³/mol. The van der Waals surface area contributed by atoms with Crippen LogP contribution in [0.5, 0.6) is 0 Å². The monoisotopic (exact) mass is 271 g/mol. The molecule has 0 aliphatic carbocycles. The maximum absolute atomic E-state index is 5.95. The lowest BCUT2D eigenvalue weighted by molar-refractivity contribution is 0.590. The fraction of sp³-hybridized carbons (Fsp3) is 0.294. The van der Waals surface area contributed by atoms with Gasteiger partial charge in [0.1, 0.15) is 0 Å². The largest absolute Gasteiger partial charge is 0.398 e. The van der Waals surface area contributed by atoms with Crippen LogP contribution < -0.4 is 5.73 Å². The summed E-state index contributed by atoms with van der Waals surface area (Å²) in [7, 11) is 0. The number of nitrogen functional groups attached to an aromatic ring is 1. The molecule has 0 saturated heterocycles. The number of nitrogens with two attached hydrogens (primary N) is 1. The van der Waals surface area contributed by atoms with E-state index in [1.807, 2.05) is 18.2 Å². The Morgan fingerprint density at radius 1 is 0.947 bits per heavy atom. The number of benzene rings is 2. The minimum Gasteiger partial charge on any atom is -0.398 e. The topological polar surface area (TPSA) is 26.0 Å². The van der Waals surface area contributed by atoms with Crippen LogP contribution in [0.4, 0.5) is 5.69 Å². The van der Waals surface area contributed by atoms with Crippen molar-refractivity contribution in [1.82, 2.24) is 0 Å². The minimum atomic E-state index is 0.218. The van der Waals surface area contributed by atoms with Crippen molar-refractivity contribution in [1.29, 1.82) is 0 Å². The third-order valence-corrected chi connectivity index (χ3v) is 4.29. The van der Waals surface area contributed by atoms with Gasteiger partial charge in [0.05, 0.1) is 0 Å². The second kappa shape index (κ2) is 5.70. The van der Waals surface area contributed by atoms with Gasteiger partial charge in [-0.15, -0.1) is 11.8 Å². The minimum absolute atomic E-state index is 0.218. The highest BCUT2D eigenvalue weighted by molar-refractivity contribution is 7.98. The van der Waals surface area contributed by atoms with E-state index >= 15 is 0 Å². The van der Waals surface area contributed by atoms with Crippen LogP contribution in [0.2, 0.25) is 0 Å². The Hall–Kier alpha value is -1.41. The van der Waals surface area contributed by atoms with Crippen LogP contribution in [0.15, 0.2) is 53.4 Å². The van der Waals surface area contributed by atoms with E-state index in [9.17, 15) is 0 Å². The Bertz CT molecular complexity index is 538. The third-order valence-electron chi connectivity index (χ3n) is 3.13. The summed E-state index contributed by atoms with van der Waals surface area (Å²) in [4.78, 5) is 1.15. The van der Waals surface area contributed by atoms with Crippen molar-refractivity contribution in [3.8, 4) is 0 Å². The summed E-state index contributed by atoms with van der Waals surface area (Å²) in [5, 5.41) is 0. The van der Waals surface area contributed by atoms with Crippen molar-refractivity contribution in [3.05, 3.63) is 59.7 Å². The number of hydrogen-bond acceptors (Lipinski definition) is 2. The van der Waals surface area contributed by atoms with Crippen molar-refractivity contribution in [2.24, 2.45) is 0 Å². The molecule has 0 heterocycles. The molecule has 0 aromatic heterocycles. The Morgan fingerprint density at radius 2 is 1.58 bits per heavy atom. The van der Waals surface area contributed by atoms with Crippen LogP contribution in [0, 0.1) is 0 Å². The van der Waals surface area contributed by atoms with Gasteiger partial charge in [-0.1, -0.05) is 57.2 Å². The van der Waals surface area contributed by atoms with Gasteiger partial charge in [-0.3, -0.25) is 0 Å². The van der Waals surface area contributed by atoms with Gasteiger partial charge in [0.25, 0.3) is 0 Å². The molecule has 0 unspecified atom stereocenters. The van der Waals surface area contributed by atoms with E-state index in [-0.39, 0.29) is 5.41 Å². The van der Waals surface area contributed by atoms with Crippen LogP contribution in [0.3, 0.4) is 0 Å². The number of anilines is 1. The summed E-state index contributed by atoms with van der Waals surface area (Å²) in [6.45, 7) is 6.71. The van der Waals surface area contributed by atoms with Crippen molar-refractivity contribution >= 4 is 17.4 Å². The summed E-state index contributed by atoms with van der Waals surface area (Å²) in [6.07, 6.45) is 0. The third kappa shape index (κ3) is 3.77. The van der Waals surface area contributed by atoms with Crippen LogP contribution in [-0.2, 0) is 11.2 Å². The first kappa shape index (κ1) is 14.0. The predicted octanol–water partition coefficient (Wildman–Crippen LogP) is 4.86. The van der Waals surface area contributed by atoms with Crippen molar-refractivity contribution in [2.45, 2.75) is 36.8 Å². The smallest absolute Gasteiger partial charge is 0.0452 e. The van der Waals surface area contributed by atoms with Gasteiger partial charge < -0.3 is 5.73 Å². The lowest BCUT2D eigenvalue weighted by atomic mass is 9.87. The van der Waals surface area contributed by atoms with Crippen LogP contribution >= 0.6 is 11.8 Å². The van der Waals surface area contributed by atoms with E-state index in [1.165, 1.54) is 11.1 Å². The van der Waals surface area contributed by atoms with E-state index in [0.717, 1.165) is 16.3 Å². The molecule has 0 aliphatic rings. The molecule has 100 valence electrons. The zero-order valence-electron chi connectivity index (χ0n) is 11.8. The highest BCUT2D eigenvalue weighted by Gasteiger charge is 2.12. The van der Waals surface area contributed by atoms with E-state index in [1.54, 1.807) is 11.8 Å². The normalized spacial score (nSPS) is 11.5. The average Bonchev–Trinajstić information content (AvgIpc) is 2.37. The van der Waals surface area contributed by atoms with Gasteiger partial charge in [-0.25, -0.2) is 0 Å². The van der Waals surface area contributed by atoms with E-state index in [4.69, 9.17) is 5.73 Å². The number of hydrogen-bond donors (Lipinski definition) is 1. The molecule has 0 bridgehead atoms. The average molecular weight is 271 g/mol. The van der Waals surface area contributed by atoms with E-state index < -0.39 is 0 Å². The quantitative estimate of drug-likeness (QED) is 0.637. The molecule has 19 heavy (non-hydrogen) atoms. The van der Waals surface area contributed by atoms with Gasteiger partial charge >= 0.3 is 0 Å². The molecular weight excluding hydrogens is 250 g/mol. The summed E-state index contributed by atoms with van der Waals surface area (Å²) >= 11 is 1.79.